The van der Waals surface area contributed by atoms with Crippen molar-refractivity contribution in [3.05, 3.63) is 30.0 Å². The molecular weight excluding hydrogens is 238 g/mol. The molecular formula is C10H11N5O3. The van der Waals surface area contributed by atoms with Gasteiger partial charge in [0.05, 0.1) is 11.3 Å². The predicted octanol–water partition coefficient (Wildman–Crippen LogP) is 0.400. The highest BCUT2D eigenvalue weighted by molar-refractivity contribution is 5.89. The van der Waals surface area contributed by atoms with Crippen LogP contribution in [-0.2, 0) is 6.42 Å². The first-order valence-corrected chi connectivity index (χ1v) is 5.15. The molecule has 0 aliphatic carbocycles. The second kappa shape index (κ2) is 5.13. The molecule has 2 aromatic heterocycles. The second-order valence-electron chi connectivity index (χ2n) is 3.49. The van der Waals surface area contributed by atoms with Crippen LogP contribution in [0.2, 0.25) is 0 Å². The van der Waals surface area contributed by atoms with Gasteiger partial charge in [0.1, 0.15) is 5.82 Å². The van der Waals surface area contributed by atoms with E-state index in [4.69, 9.17) is 10.8 Å². The van der Waals surface area contributed by atoms with Crippen LogP contribution in [0.3, 0.4) is 0 Å². The molecule has 0 atom stereocenters. The van der Waals surface area contributed by atoms with E-state index in [-0.39, 0.29) is 11.3 Å². The molecule has 0 spiro atoms. The Balaban J connectivity index is 1.95. The number of aromatic nitrogens is 3. The van der Waals surface area contributed by atoms with Gasteiger partial charge in [-0.3, -0.25) is 0 Å². The van der Waals surface area contributed by atoms with Crippen molar-refractivity contribution >= 4 is 17.5 Å². The highest BCUT2D eigenvalue weighted by atomic mass is 16.5. The van der Waals surface area contributed by atoms with Gasteiger partial charge in [-0.25, -0.2) is 9.78 Å². The van der Waals surface area contributed by atoms with Gasteiger partial charge in [-0.05, 0) is 6.07 Å². The molecule has 18 heavy (non-hydrogen) atoms. The van der Waals surface area contributed by atoms with Gasteiger partial charge in [0.2, 0.25) is 6.39 Å². The van der Waals surface area contributed by atoms with Crippen LogP contribution in [0.1, 0.15) is 16.2 Å². The van der Waals surface area contributed by atoms with Gasteiger partial charge in [0.25, 0.3) is 0 Å². The zero-order valence-electron chi connectivity index (χ0n) is 9.33. The lowest BCUT2D eigenvalue weighted by Crippen LogP contribution is -2.10. The monoisotopic (exact) mass is 249 g/mol. The molecule has 0 unspecified atom stereocenters. The molecule has 2 rings (SSSR count). The normalized spacial score (nSPS) is 10.2. The molecule has 0 aromatic carbocycles. The van der Waals surface area contributed by atoms with Crippen molar-refractivity contribution in [3.63, 3.8) is 0 Å². The Morgan fingerprint density at radius 1 is 1.50 bits per heavy atom. The maximum absolute atomic E-state index is 10.7. The number of aromatic carboxylic acids is 1. The summed E-state index contributed by atoms with van der Waals surface area (Å²) >= 11 is 0. The number of nitrogens with two attached hydrogens (primary N) is 1. The SMILES string of the molecule is Nc1cc(C(=O)O)cnc1NCCc1ncon1. The Bertz CT molecular complexity index is 540. The number of carbonyl (C=O) groups is 1. The van der Waals surface area contributed by atoms with E-state index in [1.807, 2.05) is 0 Å². The van der Waals surface area contributed by atoms with Crippen molar-refractivity contribution in [2.24, 2.45) is 0 Å². The van der Waals surface area contributed by atoms with Crippen molar-refractivity contribution in [2.45, 2.75) is 6.42 Å². The minimum atomic E-state index is -1.06. The molecule has 94 valence electrons. The first-order valence-electron chi connectivity index (χ1n) is 5.15. The molecule has 8 heteroatoms. The quantitative estimate of drug-likeness (QED) is 0.694. The maximum atomic E-state index is 10.7. The predicted molar refractivity (Wildman–Crippen MR) is 62.1 cm³/mol. The summed E-state index contributed by atoms with van der Waals surface area (Å²) < 4.78 is 4.59. The summed E-state index contributed by atoms with van der Waals surface area (Å²) in [5, 5.41) is 15.4. The molecule has 8 nitrogen and oxygen atoms in total. The molecule has 0 radical (unpaired) electrons. The van der Waals surface area contributed by atoms with Crippen LogP contribution in [0.15, 0.2) is 23.2 Å². The fourth-order valence-corrected chi connectivity index (χ4v) is 1.34. The topological polar surface area (TPSA) is 127 Å². The highest BCUT2D eigenvalue weighted by Crippen LogP contribution is 2.16. The Hall–Kier alpha value is -2.64. The third-order valence-corrected chi connectivity index (χ3v) is 2.21. The summed E-state index contributed by atoms with van der Waals surface area (Å²) in [5.41, 5.74) is 6.01. The van der Waals surface area contributed by atoms with Crippen molar-refractivity contribution in [2.75, 3.05) is 17.6 Å². The van der Waals surface area contributed by atoms with Crippen molar-refractivity contribution in [1.82, 2.24) is 15.1 Å². The summed E-state index contributed by atoms with van der Waals surface area (Å²) in [5.74, 6) is -0.0562. The minimum absolute atomic E-state index is 0.0521. The van der Waals surface area contributed by atoms with E-state index in [1.54, 1.807) is 0 Å². The third kappa shape index (κ3) is 2.73. The van der Waals surface area contributed by atoms with Crippen molar-refractivity contribution < 1.29 is 14.4 Å². The summed E-state index contributed by atoms with van der Waals surface area (Å²) in [6.07, 6.45) is 3.05. The molecule has 0 aliphatic heterocycles. The lowest BCUT2D eigenvalue weighted by molar-refractivity contribution is 0.0696. The summed E-state index contributed by atoms with van der Waals surface area (Å²) in [6, 6.07) is 1.35. The molecule has 2 heterocycles. The molecule has 0 saturated heterocycles. The number of hydrogen-bond acceptors (Lipinski definition) is 7. The summed E-state index contributed by atoms with van der Waals surface area (Å²) in [4.78, 5) is 18.5. The zero-order valence-corrected chi connectivity index (χ0v) is 9.33. The Morgan fingerprint density at radius 2 is 2.33 bits per heavy atom. The fourth-order valence-electron chi connectivity index (χ4n) is 1.34. The molecule has 0 aliphatic rings. The number of nitrogens with one attached hydrogen (secondary N) is 1. The average Bonchev–Trinajstić information content (AvgIpc) is 2.84. The number of nitrogens with zero attached hydrogens (tertiary/aromatic N) is 3. The van der Waals surface area contributed by atoms with Crippen LogP contribution in [0, 0.1) is 0 Å². The van der Waals surface area contributed by atoms with Gasteiger partial charge in [-0.2, -0.15) is 4.98 Å². The van der Waals surface area contributed by atoms with Crippen molar-refractivity contribution in [1.29, 1.82) is 0 Å². The van der Waals surface area contributed by atoms with E-state index in [0.29, 0.717) is 24.6 Å². The van der Waals surface area contributed by atoms with Crippen LogP contribution >= 0.6 is 0 Å². The van der Waals surface area contributed by atoms with E-state index in [9.17, 15) is 4.79 Å². The van der Waals surface area contributed by atoms with E-state index in [0.717, 1.165) is 0 Å². The Labute approximate surface area is 102 Å². The van der Waals surface area contributed by atoms with Crippen LogP contribution in [0.25, 0.3) is 0 Å². The van der Waals surface area contributed by atoms with Gasteiger partial charge in [0.15, 0.2) is 5.82 Å². The maximum Gasteiger partial charge on any atom is 0.337 e. The number of nitrogen functional groups attached to an aromatic ring is 1. The van der Waals surface area contributed by atoms with Crippen LogP contribution in [0.5, 0.6) is 0 Å². The fraction of sp³-hybridized carbons (Fsp3) is 0.200. The van der Waals surface area contributed by atoms with E-state index >= 15 is 0 Å². The first-order chi connectivity index (χ1) is 8.66. The number of carboxylic acids is 1. The molecule has 0 saturated carbocycles. The number of carboxylic acid groups (broad SMARTS) is 1. The Kier molecular flexibility index (Phi) is 3.37. The molecule has 2 aromatic rings. The standard InChI is InChI=1S/C10H11N5O3/c11-7-3-6(10(16)17)4-13-9(7)12-2-1-8-14-5-18-15-8/h3-5H,1-2,11H2,(H,12,13)(H,16,17). The largest absolute Gasteiger partial charge is 0.478 e. The smallest absolute Gasteiger partial charge is 0.337 e. The minimum Gasteiger partial charge on any atom is -0.478 e. The third-order valence-electron chi connectivity index (χ3n) is 2.21. The van der Waals surface area contributed by atoms with E-state index < -0.39 is 5.97 Å². The van der Waals surface area contributed by atoms with Crippen LogP contribution in [-0.4, -0.2) is 32.7 Å². The molecule has 0 bridgehead atoms. The van der Waals surface area contributed by atoms with Gasteiger partial charge in [-0.15, -0.1) is 0 Å². The molecule has 0 amide bonds. The summed E-state index contributed by atoms with van der Waals surface area (Å²) in [7, 11) is 0. The zero-order chi connectivity index (χ0) is 13.0. The second-order valence-corrected chi connectivity index (χ2v) is 3.49. The van der Waals surface area contributed by atoms with E-state index in [2.05, 4.69) is 25.0 Å². The van der Waals surface area contributed by atoms with Crippen molar-refractivity contribution in [3.8, 4) is 0 Å². The lowest BCUT2D eigenvalue weighted by atomic mass is 10.2. The summed E-state index contributed by atoms with van der Waals surface area (Å²) in [6.45, 7) is 0.517. The number of pyridine rings is 1. The molecule has 4 N–H and O–H groups in total. The first kappa shape index (κ1) is 11.8. The van der Waals surface area contributed by atoms with Gasteiger partial charge < -0.3 is 20.7 Å². The Morgan fingerprint density at radius 3 is 2.94 bits per heavy atom. The number of rotatable bonds is 5. The van der Waals surface area contributed by atoms with Crippen LogP contribution in [0.4, 0.5) is 11.5 Å². The van der Waals surface area contributed by atoms with Gasteiger partial charge >= 0.3 is 5.97 Å². The van der Waals surface area contributed by atoms with Gasteiger partial charge in [-0.1, -0.05) is 5.16 Å². The van der Waals surface area contributed by atoms with Crippen LogP contribution < -0.4 is 11.1 Å². The van der Waals surface area contributed by atoms with Gasteiger partial charge in [0, 0.05) is 19.2 Å². The lowest BCUT2D eigenvalue weighted by Gasteiger charge is -2.07. The average molecular weight is 249 g/mol. The highest BCUT2D eigenvalue weighted by Gasteiger charge is 2.07. The van der Waals surface area contributed by atoms with E-state index in [1.165, 1.54) is 18.7 Å². The number of hydrogen-bond donors (Lipinski definition) is 3. The number of anilines is 2. The molecule has 0 fully saturated rings.